The molecule has 0 saturated heterocycles. The van der Waals surface area contributed by atoms with E-state index in [0.717, 1.165) is 17.1 Å². The second-order valence-corrected chi connectivity index (χ2v) is 13.6. The van der Waals surface area contributed by atoms with Crippen LogP contribution in [0.1, 0.15) is 22.6 Å². The fourth-order valence-electron chi connectivity index (χ4n) is 7.25. The first-order valence-electron chi connectivity index (χ1n) is 16.8. The molecule has 0 spiro atoms. The molecule has 0 amide bonds. The summed E-state index contributed by atoms with van der Waals surface area (Å²) in [5, 5.41) is 2.60. The van der Waals surface area contributed by atoms with Crippen LogP contribution in [0.3, 0.4) is 0 Å². The van der Waals surface area contributed by atoms with Gasteiger partial charge < -0.3 is 4.90 Å². The Balaban J connectivity index is 1.19. The van der Waals surface area contributed by atoms with Gasteiger partial charge in [-0.15, -0.1) is 0 Å². The number of anilines is 3. The lowest BCUT2D eigenvalue weighted by Gasteiger charge is -2.31. The van der Waals surface area contributed by atoms with Crippen molar-refractivity contribution < 1.29 is 0 Å². The lowest BCUT2D eigenvalue weighted by molar-refractivity contribution is 0.913. The van der Waals surface area contributed by atoms with Crippen LogP contribution in [0.5, 0.6) is 0 Å². The molecule has 232 valence electrons. The van der Waals surface area contributed by atoms with Crippen LogP contribution in [0.15, 0.2) is 204 Å². The van der Waals surface area contributed by atoms with E-state index in [0.29, 0.717) is 0 Å². The standard InChI is InChI=1S/C47H33NS/c1-3-12-33(13-4-1)35-22-27-39(28-23-35)48(40-29-24-36(25-30-40)34-14-5-2-6-15-34)41-18-11-17-38(32-41)46-43-20-9-10-21-44(43)49-45-31-26-37-16-7-8-19-42(37)47(45)46/h1-32,46H. The van der Waals surface area contributed by atoms with Crippen molar-refractivity contribution in [3.63, 3.8) is 0 Å². The third-order valence-electron chi connectivity index (χ3n) is 9.60. The molecule has 0 aromatic heterocycles. The van der Waals surface area contributed by atoms with Gasteiger partial charge in [-0.05, 0) is 98.2 Å². The van der Waals surface area contributed by atoms with Gasteiger partial charge in [0.2, 0.25) is 0 Å². The molecule has 49 heavy (non-hydrogen) atoms. The Labute approximate surface area is 292 Å². The topological polar surface area (TPSA) is 3.24 Å². The summed E-state index contributed by atoms with van der Waals surface area (Å²) in [7, 11) is 0. The molecule has 0 aliphatic carbocycles. The summed E-state index contributed by atoms with van der Waals surface area (Å²) in [5.41, 5.74) is 12.3. The van der Waals surface area contributed by atoms with Gasteiger partial charge in [-0.25, -0.2) is 0 Å². The lowest BCUT2D eigenvalue weighted by Crippen LogP contribution is -2.13. The average Bonchev–Trinajstić information content (AvgIpc) is 3.18. The van der Waals surface area contributed by atoms with Gasteiger partial charge in [0.25, 0.3) is 0 Å². The van der Waals surface area contributed by atoms with Gasteiger partial charge in [-0.1, -0.05) is 157 Å². The van der Waals surface area contributed by atoms with Gasteiger partial charge in [-0.2, -0.15) is 0 Å². The molecule has 0 fully saturated rings. The molecule has 1 heterocycles. The van der Waals surface area contributed by atoms with E-state index in [9.17, 15) is 0 Å². The third-order valence-corrected chi connectivity index (χ3v) is 10.8. The van der Waals surface area contributed by atoms with Crippen LogP contribution < -0.4 is 4.90 Å². The molecule has 0 saturated carbocycles. The maximum absolute atomic E-state index is 2.40. The molecule has 0 bridgehead atoms. The predicted octanol–water partition coefficient (Wildman–Crippen LogP) is 13.3. The Hall–Kier alpha value is -5.83. The normalized spacial score (nSPS) is 13.4. The van der Waals surface area contributed by atoms with Gasteiger partial charge in [0.15, 0.2) is 0 Å². The number of benzene rings is 8. The minimum Gasteiger partial charge on any atom is -0.310 e. The van der Waals surface area contributed by atoms with E-state index in [1.165, 1.54) is 59.5 Å². The summed E-state index contributed by atoms with van der Waals surface area (Å²) in [5.74, 6) is 0.112. The number of nitrogens with zero attached hydrogens (tertiary/aromatic N) is 1. The largest absolute Gasteiger partial charge is 0.310 e. The van der Waals surface area contributed by atoms with Crippen molar-refractivity contribution in [2.24, 2.45) is 0 Å². The van der Waals surface area contributed by atoms with Crippen LogP contribution in [0.4, 0.5) is 17.1 Å². The van der Waals surface area contributed by atoms with Crippen molar-refractivity contribution in [3.05, 3.63) is 211 Å². The fourth-order valence-corrected chi connectivity index (χ4v) is 8.41. The molecule has 1 atom stereocenters. The van der Waals surface area contributed by atoms with E-state index in [-0.39, 0.29) is 5.92 Å². The second kappa shape index (κ2) is 12.6. The van der Waals surface area contributed by atoms with E-state index >= 15 is 0 Å². The zero-order chi connectivity index (χ0) is 32.6. The summed E-state index contributed by atoms with van der Waals surface area (Å²) >= 11 is 1.89. The maximum Gasteiger partial charge on any atom is 0.0464 e. The van der Waals surface area contributed by atoms with Crippen molar-refractivity contribution in [1.82, 2.24) is 0 Å². The minimum atomic E-state index is 0.112. The van der Waals surface area contributed by atoms with Crippen molar-refractivity contribution in [3.8, 4) is 22.3 Å². The summed E-state index contributed by atoms with van der Waals surface area (Å²) in [6.07, 6.45) is 0. The quantitative estimate of drug-likeness (QED) is 0.177. The highest BCUT2D eigenvalue weighted by Gasteiger charge is 2.30. The number of rotatable bonds is 6. The molecule has 2 heteroatoms. The molecular formula is C47H33NS. The molecular weight excluding hydrogens is 611 g/mol. The Morgan fingerprint density at radius 2 is 0.959 bits per heavy atom. The summed E-state index contributed by atoms with van der Waals surface area (Å²) in [4.78, 5) is 5.05. The molecule has 1 nitrogen and oxygen atoms in total. The lowest BCUT2D eigenvalue weighted by atomic mass is 9.82. The van der Waals surface area contributed by atoms with Crippen LogP contribution >= 0.6 is 11.8 Å². The number of hydrogen-bond donors (Lipinski definition) is 0. The first-order chi connectivity index (χ1) is 24.3. The molecule has 8 aromatic rings. The van der Waals surface area contributed by atoms with Crippen molar-refractivity contribution in [2.75, 3.05) is 4.90 Å². The van der Waals surface area contributed by atoms with Gasteiger partial charge >= 0.3 is 0 Å². The van der Waals surface area contributed by atoms with Crippen LogP contribution in [0.2, 0.25) is 0 Å². The smallest absolute Gasteiger partial charge is 0.0464 e. The molecule has 8 aromatic carbocycles. The van der Waals surface area contributed by atoms with E-state index in [1.807, 2.05) is 11.8 Å². The summed E-state index contributed by atoms with van der Waals surface area (Å²) < 4.78 is 0. The fraction of sp³-hybridized carbons (Fsp3) is 0.0213. The minimum absolute atomic E-state index is 0.112. The Morgan fingerprint density at radius 3 is 1.63 bits per heavy atom. The van der Waals surface area contributed by atoms with Gasteiger partial charge in [0, 0.05) is 32.8 Å². The molecule has 1 unspecified atom stereocenters. The highest BCUT2D eigenvalue weighted by atomic mass is 32.2. The molecule has 0 radical (unpaired) electrons. The number of hydrogen-bond acceptors (Lipinski definition) is 2. The predicted molar refractivity (Wildman–Crippen MR) is 207 cm³/mol. The zero-order valence-corrected chi connectivity index (χ0v) is 27.7. The van der Waals surface area contributed by atoms with Gasteiger partial charge in [0.1, 0.15) is 0 Å². The summed E-state index contributed by atoms with van der Waals surface area (Å²) in [6, 6.07) is 70.6. The highest BCUT2D eigenvalue weighted by Crippen LogP contribution is 2.51. The van der Waals surface area contributed by atoms with Gasteiger partial charge in [-0.3, -0.25) is 0 Å². The summed E-state index contributed by atoms with van der Waals surface area (Å²) in [6.45, 7) is 0. The van der Waals surface area contributed by atoms with E-state index in [4.69, 9.17) is 0 Å². The maximum atomic E-state index is 2.40. The first-order valence-corrected chi connectivity index (χ1v) is 17.6. The average molecular weight is 644 g/mol. The van der Waals surface area contributed by atoms with Crippen LogP contribution in [0, 0.1) is 0 Å². The first kappa shape index (κ1) is 29.3. The Kier molecular flexibility index (Phi) is 7.57. The van der Waals surface area contributed by atoms with Crippen molar-refractivity contribution >= 4 is 39.6 Å². The SMILES string of the molecule is c1ccc(-c2ccc(N(c3ccc(-c4ccccc4)cc3)c3cccc(C4c5ccccc5Sc5ccc6ccccc6c54)c3)cc2)cc1. The van der Waals surface area contributed by atoms with E-state index < -0.39 is 0 Å². The van der Waals surface area contributed by atoms with E-state index in [2.05, 4.69) is 199 Å². The Morgan fingerprint density at radius 1 is 0.388 bits per heavy atom. The molecule has 1 aliphatic heterocycles. The van der Waals surface area contributed by atoms with Crippen molar-refractivity contribution in [2.45, 2.75) is 15.7 Å². The molecule has 0 N–H and O–H groups in total. The zero-order valence-electron chi connectivity index (χ0n) is 26.9. The Bertz CT molecular complexity index is 2310. The molecule has 9 rings (SSSR count). The molecule has 1 aliphatic rings. The van der Waals surface area contributed by atoms with Crippen molar-refractivity contribution in [1.29, 1.82) is 0 Å². The third kappa shape index (κ3) is 5.51. The second-order valence-electron chi connectivity index (χ2n) is 12.5. The van der Waals surface area contributed by atoms with Crippen LogP contribution in [-0.2, 0) is 0 Å². The van der Waals surface area contributed by atoms with Gasteiger partial charge in [0.05, 0.1) is 0 Å². The monoisotopic (exact) mass is 643 g/mol. The van der Waals surface area contributed by atoms with Crippen LogP contribution in [-0.4, -0.2) is 0 Å². The van der Waals surface area contributed by atoms with E-state index in [1.54, 1.807) is 0 Å². The highest BCUT2D eigenvalue weighted by molar-refractivity contribution is 7.99. The van der Waals surface area contributed by atoms with Crippen LogP contribution in [0.25, 0.3) is 33.0 Å². The number of fused-ring (bicyclic) bond motifs is 4.